The zero-order valence-electron chi connectivity index (χ0n) is 9.08. The highest BCUT2D eigenvalue weighted by atomic mass is 14.0. The van der Waals surface area contributed by atoms with Gasteiger partial charge in [-0.3, -0.25) is 0 Å². The van der Waals surface area contributed by atoms with Gasteiger partial charge in [0, 0.05) is 0 Å². The predicted molar refractivity (Wildman–Crippen MR) is 71.0 cm³/mol. The number of rotatable bonds is 1. The minimum Gasteiger partial charge on any atom is -0.0623 e. The third-order valence-electron chi connectivity index (χ3n) is 2.33. The molecule has 2 rings (SSSR count). The molecule has 16 heavy (non-hydrogen) atoms. The molecular formula is C16H14. The maximum atomic E-state index is 2.12. The lowest BCUT2D eigenvalue weighted by atomic mass is 10.0. The second kappa shape index (κ2) is 5.72. The Morgan fingerprint density at radius 3 is 1.25 bits per heavy atom. The predicted octanol–water partition coefficient (Wildman–Crippen LogP) is 4.20. The Morgan fingerprint density at radius 2 is 0.750 bits per heavy atom. The minimum absolute atomic E-state index is 1.22. The van der Waals surface area contributed by atoms with Crippen molar-refractivity contribution >= 4 is 0 Å². The smallest absolute Gasteiger partial charge is 0.0184 e. The van der Waals surface area contributed by atoms with Crippen LogP contribution < -0.4 is 0 Å². The summed E-state index contributed by atoms with van der Waals surface area (Å²) in [6, 6.07) is 0. The first-order chi connectivity index (χ1) is 7.97. The Morgan fingerprint density at radius 1 is 0.375 bits per heavy atom. The maximum Gasteiger partial charge on any atom is -0.0184 e. The lowest BCUT2D eigenvalue weighted by Crippen LogP contribution is -1.84. The monoisotopic (exact) mass is 206 g/mol. The SMILES string of the molecule is C1=C\C=C/C(/C2=C\C=C/C=C\C=C2)=C\C=C1. The molecule has 0 aromatic carbocycles. The van der Waals surface area contributed by atoms with Crippen molar-refractivity contribution in [3.05, 3.63) is 96.2 Å². The molecule has 78 valence electrons. The van der Waals surface area contributed by atoms with E-state index >= 15 is 0 Å². The molecule has 0 spiro atoms. The molecule has 0 aromatic rings. The molecule has 0 saturated heterocycles. The van der Waals surface area contributed by atoms with Crippen molar-refractivity contribution in [1.82, 2.24) is 0 Å². The molecule has 0 aliphatic heterocycles. The summed E-state index contributed by atoms with van der Waals surface area (Å²) >= 11 is 0. The lowest BCUT2D eigenvalue weighted by Gasteiger charge is -2.03. The van der Waals surface area contributed by atoms with E-state index in [0.29, 0.717) is 0 Å². The number of hydrogen-bond acceptors (Lipinski definition) is 0. The van der Waals surface area contributed by atoms with Gasteiger partial charge >= 0.3 is 0 Å². The first-order valence-corrected chi connectivity index (χ1v) is 5.40. The fraction of sp³-hybridized carbons (Fsp3) is 0. The summed E-state index contributed by atoms with van der Waals surface area (Å²) in [7, 11) is 0. The molecule has 2 aliphatic carbocycles. The van der Waals surface area contributed by atoms with Crippen LogP contribution in [0, 0.1) is 0 Å². The largest absolute Gasteiger partial charge is 0.0623 e. The van der Waals surface area contributed by atoms with Crippen LogP contribution in [0.3, 0.4) is 0 Å². The van der Waals surface area contributed by atoms with Crippen molar-refractivity contribution in [2.75, 3.05) is 0 Å². The van der Waals surface area contributed by atoms with Crippen molar-refractivity contribution in [2.24, 2.45) is 0 Å². The summed E-state index contributed by atoms with van der Waals surface area (Å²) in [5, 5.41) is 0. The van der Waals surface area contributed by atoms with Gasteiger partial charge in [0.1, 0.15) is 0 Å². The summed E-state index contributed by atoms with van der Waals surface area (Å²) < 4.78 is 0. The molecule has 0 heterocycles. The fourth-order valence-electron chi connectivity index (χ4n) is 1.52. The Kier molecular flexibility index (Phi) is 3.73. The minimum atomic E-state index is 1.22. The van der Waals surface area contributed by atoms with Crippen molar-refractivity contribution in [3.63, 3.8) is 0 Å². The van der Waals surface area contributed by atoms with Crippen molar-refractivity contribution in [1.29, 1.82) is 0 Å². The number of allylic oxidation sites excluding steroid dienone is 16. The summed E-state index contributed by atoms with van der Waals surface area (Å²) in [6.45, 7) is 0. The zero-order valence-corrected chi connectivity index (χ0v) is 9.08. The van der Waals surface area contributed by atoms with Crippen LogP contribution in [0.4, 0.5) is 0 Å². The average molecular weight is 206 g/mol. The Labute approximate surface area is 96.7 Å². The van der Waals surface area contributed by atoms with Gasteiger partial charge in [0.2, 0.25) is 0 Å². The van der Waals surface area contributed by atoms with E-state index in [-0.39, 0.29) is 0 Å². The Bertz CT molecular complexity index is 426. The Hall–Kier alpha value is -2.08. The molecule has 0 heteroatoms. The van der Waals surface area contributed by atoms with Crippen LogP contribution in [0.25, 0.3) is 0 Å². The third-order valence-corrected chi connectivity index (χ3v) is 2.33. The van der Waals surface area contributed by atoms with E-state index in [0.717, 1.165) is 0 Å². The van der Waals surface area contributed by atoms with Crippen LogP contribution in [-0.4, -0.2) is 0 Å². The first-order valence-electron chi connectivity index (χ1n) is 5.40. The van der Waals surface area contributed by atoms with E-state index in [1.807, 2.05) is 36.5 Å². The highest BCUT2D eigenvalue weighted by Gasteiger charge is 1.96. The first kappa shape index (κ1) is 10.4. The van der Waals surface area contributed by atoms with Gasteiger partial charge in [-0.15, -0.1) is 0 Å². The van der Waals surface area contributed by atoms with Gasteiger partial charge in [0.05, 0.1) is 0 Å². The molecular weight excluding hydrogens is 192 g/mol. The second-order valence-electron chi connectivity index (χ2n) is 3.50. The Balaban J connectivity index is 2.29. The van der Waals surface area contributed by atoms with E-state index < -0.39 is 0 Å². The summed E-state index contributed by atoms with van der Waals surface area (Å²) in [6.07, 6.45) is 28.9. The van der Waals surface area contributed by atoms with Crippen molar-refractivity contribution in [3.8, 4) is 0 Å². The van der Waals surface area contributed by atoms with Crippen LogP contribution in [-0.2, 0) is 0 Å². The quantitative estimate of drug-likeness (QED) is 0.603. The van der Waals surface area contributed by atoms with Gasteiger partial charge in [-0.1, -0.05) is 85.1 Å². The summed E-state index contributed by atoms with van der Waals surface area (Å²) in [4.78, 5) is 0. The van der Waals surface area contributed by atoms with Gasteiger partial charge in [0.25, 0.3) is 0 Å². The highest BCUT2D eigenvalue weighted by molar-refractivity contribution is 5.52. The molecule has 0 saturated carbocycles. The molecule has 0 unspecified atom stereocenters. The molecule has 0 bridgehead atoms. The van der Waals surface area contributed by atoms with Crippen molar-refractivity contribution in [2.45, 2.75) is 0 Å². The van der Waals surface area contributed by atoms with Crippen LogP contribution in [0.5, 0.6) is 0 Å². The van der Waals surface area contributed by atoms with Gasteiger partial charge in [-0.25, -0.2) is 0 Å². The summed E-state index contributed by atoms with van der Waals surface area (Å²) in [5.74, 6) is 0. The maximum absolute atomic E-state index is 2.12. The average Bonchev–Trinajstić information content (AvgIpc) is 2.18. The molecule has 0 atom stereocenters. The van der Waals surface area contributed by atoms with E-state index in [1.54, 1.807) is 0 Å². The molecule has 0 aromatic heterocycles. The normalized spacial score (nSPS) is 31.0. The zero-order chi connectivity index (χ0) is 11.1. The molecule has 0 amide bonds. The van der Waals surface area contributed by atoms with E-state index in [2.05, 4.69) is 48.6 Å². The fourth-order valence-corrected chi connectivity index (χ4v) is 1.52. The number of hydrogen-bond donors (Lipinski definition) is 0. The van der Waals surface area contributed by atoms with Gasteiger partial charge in [-0.2, -0.15) is 0 Å². The topological polar surface area (TPSA) is 0 Å². The van der Waals surface area contributed by atoms with E-state index in [4.69, 9.17) is 0 Å². The molecule has 0 radical (unpaired) electrons. The van der Waals surface area contributed by atoms with Crippen LogP contribution in [0.2, 0.25) is 0 Å². The molecule has 0 fully saturated rings. The third kappa shape index (κ3) is 2.96. The van der Waals surface area contributed by atoms with Crippen LogP contribution in [0.15, 0.2) is 96.2 Å². The molecule has 0 N–H and O–H groups in total. The van der Waals surface area contributed by atoms with Crippen LogP contribution >= 0.6 is 0 Å². The van der Waals surface area contributed by atoms with Crippen molar-refractivity contribution < 1.29 is 0 Å². The van der Waals surface area contributed by atoms with E-state index in [9.17, 15) is 0 Å². The summed E-state index contributed by atoms with van der Waals surface area (Å²) in [5.41, 5.74) is 2.44. The lowest BCUT2D eigenvalue weighted by molar-refractivity contribution is 1.52. The second-order valence-corrected chi connectivity index (χ2v) is 3.50. The molecule has 2 aliphatic rings. The van der Waals surface area contributed by atoms with Gasteiger partial charge < -0.3 is 0 Å². The van der Waals surface area contributed by atoms with E-state index in [1.165, 1.54) is 11.1 Å². The van der Waals surface area contributed by atoms with Gasteiger partial charge in [0.15, 0.2) is 0 Å². The highest BCUT2D eigenvalue weighted by Crippen LogP contribution is 2.16. The van der Waals surface area contributed by atoms with Gasteiger partial charge in [-0.05, 0) is 11.1 Å². The van der Waals surface area contributed by atoms with Crippen LogP contribution in [0.1, 0.15) is 0 Å². The molecule has 0 nitrogen and oxygen atoms in total. The standard InChI is InChI=1S/C16H14/c1-3-7-11-15(12-8-4-1)16-13-9-5-2-6-10-14-16/h1-14H/b3-1-,4-1?,5-2?,6-2?,7-3?,8-4-,9-5?,10-6?,11-7?,12-8?,13-9-,14-10?,15-11?,15-12-,16-13?,16-14+.